The summed E-state index contributed by atoms with van der Waals surface area (Å²) in [4.78, 5) is 11.7. The van der Waals surface area contributed by atoms with Gasteiger partial charge >= 0.3 is 5.97 Å². The van der Waals surface area contributed by atoms with Crippen molar-refractivity contribution >= 4 is 5.97 Å². The summed E-state index contributed by atoms with van der Waals surface area (Å²) in [5.74, 6) is 0.474. The highest BCUT2D eigenvalue weighted by Gasteiger charge is 2.69. The van der Waals surface area contributed by atoms with Gasteiger partial charge < -0.3 is 19.7 Å². The number of esters is 1. The fraction of sp³-hybridized carbons (Fsp3) is 0.950. The number of ether oxygens (including phenoxy) is 2. The van der Waals surface area contributed by atoms with Crippen LogP contribution in [0.2, 0.25) is 0 Å². The lowest BCUT2D eigenvalue weighted by molar-refractivity contribution is -0.266. The van der Waals surface area contributed by atoms with E-state index in [0.29, 0.717) is 25.4 Å². The second-order valence-corrected chi connectivity index (χ2v) is 9.68. The highest BCUT2D eigenvalue weighted by Crippen LogP contribution is 2.68. The van der Waals surface area contributed by atoms with E-state index in [-0.39, 0.29) is 29.5 Å². The molecule has 0 aromatic carbocycles. The van der Waals surface area contributed by atoms with Crippen LogP contribution in [0, 0.1) is 22.7 Å². The zero-order valence-electron chi connectivity index (χ0n) is 15.7. The maximum absolute atomic E-state index is 11.7. The Morgan fingerprint density at radius 2 is 1.92 bits per heavy atom. The molecule has 2 unspecified atom stereocenters. The van der Waals surface area contributed by atoms with Gasteiger partial charge in [-0.3, -0.25) is 4.79 Å². The van der Waals surface area contributed by atoms with Crippen molar-refractivity contribution in [1.29, 1.82) is 0 Å². The Kier molecular flexibility index (Phi) is 3.85. The predicted octanol–water partition coefficient (Wildman–Crippen LogP) is 2.43. The van der Waals surface area contributed by atoms with E-state index in [2.05, 4.69) is 13.8 Å². The van der Waals surface area contributed by atoms with Crippen LogP contribution in [-0.4, -0.2) is 46.7 Å². The molecule has 2 saturated carbocycles. The summed E-state index contributed by atoms with van der Waals surface area (Å²) in [6, 6.07) is 0. The summed E-state index contributed by atoms with van der Waals surface area (Å²) in [7, 11) is 0. The van der Waals surface area contributed by atoms with Crippen LogP contribution in [0.3, 0.4) is 0 Å². The molecule has 0 bridgehead atoms. The van der Waals surface area contributed by atoms with Crippen LogP contribution in [0.1, 0.15) is 65.7 Å². The number of aliphatic hydroxyl groups excluding tert-OH is 2. The predicted molar refractivity (Wildman–Crippen MR) is 91.8 cm³/mol. The Bertz CT molecular complexity index is 578. The third kappa shape index (κ3) is 2.15. The number of rotatable bonds is 1. The van der Waals surface area contributed by atoms with Gasteiger partial charge in [0.2, 0.25) is 0 Å². The Balaban J connectivity index is 1.74. The van der Waals surface area contributed by atoms with Crippen LogP contribution in [0.5, 0.6) is 0 Å². The molecule has 0 aromatic rings. The minimum atomic E-state index is -0.485. The average Bonchev–Trinajstić information content (AvgIpc) is 3.14. The lowest BCUT2D eigenvalue weighted by Crippen LogP contribution is -2.66. The van der Waals surface area contributed by atoms with Gasteiger partial charge in [-0.1, -0.05) is 20.8 Å². The van der Waals surface area contributed by atoms with Crippen LogP contribution >= 0.6 is 0 Å². The van der Waals surface area contributed by atoms with Crippen molar-refractivity contribution in [2.24, 2.45) is 22.7 Å². The van der Waals surface area contributed by atoms with E-state index < -0.39 is 17.1 Å². The first-order valence-corrected chi connectivity index (χ1v) is 9.86. The van der Waals surface area contributed by atoms with Crippen molar-refractivity contribution in [1.82, 2.24) is 0 Å². The molecule has 4 rings (SSSR count). The maximum Gasteiger partial charge on any atom is 0.308 e. The maximum atomic E-state index is 11.7. The van der Waals surface area contributed by atoms with Gasteiger partial charge in [-0.25, -0.2) is 0 Å². The monoisotopic (exact) mass is 352 g/mol. The number of hydrogen-bond acceptors (Lipinski definition) is 5. The molecule has 4 aliphatic rings. The van der Waals surface area contributed by atoms with Gasteiger partial charge in [0.25, 0.3) is 0 Å². The minimum Gasteiger partial charge on any atom is -0.463 e. The summed E-state index contributed by atoms with van der Waals surface area (Å²) < 4.78 is 12.1. The van der Waals surface area contributed by atoms with Crippen molar-refractivity contribution in [3.63, 3.8) is 0 Å². The quantitative estimate of drug-likeness (QED) is 0.709. The van der Waals surface area contributed by atoms with Gasteiger partial charge in [-0.2, -0.15) is 0 Å². The van der Waals surface area contributed by atoms with Gasteiger partial charge in [0.15, 0.2) is 0 Å². The third-order valence-corrected chi connectivity index (χ3v) is 8.57. The second kappa shape index (κ2) is 5.43. The van der Waals surface area contributed by atoms with E-state index in [1.807, 2.05) is 6.92 Å². The molecule has 0 aromatic heterocycles. The zero-order chi connectivity index (χ0) is 18.1. The molecular formula is C20H32O5. The van der Waals surface area contributed by atoms with E-state index in [0.717, 1.165) is 32.1 Å². The van der Waals surface area contributed by atoms with E-state index in [1.165, 1.54) is 0 Å². The van der Waals surface area contributed by atoms with Crippen LogP contribution in [0.4, 0.5) is 0 Å². The van der Waals surface area contributed by atoms with Crippen molar-refractivity contribution in [2.75, 3.05) is 13.2 Å². The molecule has 2 N–H and O–H groups in total. The number of cyclic esters (lactones) is 1. The number of hydrogen-bond donors (Lipinski definition) is 2. The molecule has 2 saturated heterocycles. The Labute approximate surface area is 150 Å². The van der Waals surface area contributed by atoms with Crippen molar-refractivity contribution in [3.8, 4) is 0 Å². The summed E-state index contributed by atoms with van der Waals surface area (Å²) in [5, 5.41) is 20.8. The molecule has 2 aliphatic heterocycles. The molecule has 0 radical (unpaired) electrons. The fourth-order valence-electron chi connectivity index (χ4n) is 6.94. The van der Waals surface area contributed by atoms with Gasteiger partial charge in [-0.15, -0.1) is 0 Å². The topological polar surface area (TPSA) is 76.0 Å². The van der Waals surface area contributed by atoms with Crippen LogP contribution in [0.25, 0.3) is 0 Å². The number of carbonyl (C=O) groups is 1. The summed E-state index contributed by atoms with van der Waals surface area (Å²) in [5.41, 5.74) is -1.33. The number of fused-ring (bicyclic) bond motifs is 2. The molecule has 4 fully saturated rings. The van der Waals surface area contributed by atoms with Crippen LogP contribution in [0.15, 0.2) is 0 Å². The SMILES string of the molecule is C[C@@H]1CCC2[C@](C)(CO)[C@@H](O)CC[C@]2(C)[C@@]12CCC1(COC(=O)C1)O2. The fourth-order valence-corrected chi connectivity index (χ4v) is 6.94. The van der Waals surface area contributed by atoms with E-state index in [4.69, 9.17) is 9.47 Å². The van der Waals surface area contributed by atoms with E-state index in [1.54, 1.807) is 0 Å². The highest BCUT2D eigenvalue weighted by molar-refractivity contribution is 5.73. The first-order valence-electron chi connectivity index (χ1n) is 9.86. The Morgan fingerprint density at radius 3 is 2.56 bits per heavy atom. The largest absolute Gasteiger partial charge is 0.463 e. The van der Waals surface area contributed by atoms with Crippen molar-refractivity contribution in [2.45, 2.75) is 83.0 Å². The van der Waals surface area contributed by atoms with Crippen molar-refractivity contribution < 1.29 is 24.5 Å². The zero-order valence-corrected chi connectivity index (χ0v) is 15.7. The van der Waals surface area contributed by atoms with E-state index in [9.17, 15) is 15.0 Å². The number of aliphatic hydroxyl groups is 2. The summed E-state index contributed by atoms with van der Waals surface area (Å²) in [6.07, 6.45) is 5.36. The third-order valence-electron chi connectivity index (χ3n) is 8.57. The molecular weight excluding hydrogens is 320 g/mol. The molecule has 142 valence electrons. The first kappa shape index (κ1) is 17.7. The van der Waals surface area contributed by atoms with Crippen LogP contribution < -0.4 is 0 Å². The minimum absolute atomic E-state index is 0.00558. The molecule has 2 spiro atoms. The summed E-state index contributed by atoms with van der Waals surface area (Å²) in [6.45, 7) is 7.01. The van der Waals surface area contributed by atoms with Gasteiger partial charge in [0.1, 0.15) is 12.2 Å². The average molecular weight is 352 g/mol. The molecule has 7 atom stereocenters. The first-order chi connectivity index (χ1) is 11.7. The molecule has 2 aliphatic carbocycles. The lowest BCUT2D eigenvalue weighted by atomic mass is 9.43. The van der Waals surface area contributed by atoms with Crippen LogP contribution in [-0.2, 0) is 14.3 Å². The van der Waals surface area contributed by atoms with Gasteiger partial charge in [0.05, 0.1) is 24.7 Å². The van der Waals surface area contributed by atoms with E-state index >= 15 is 0 Å². The second-order valence-electron chi connectivity index (χ2n) is 9.68. The smallest absolute Gasteiger partial charge is 0.308 e. The summed E-state index contributed by atoms with van der Waals surface area (Å²) >= 11 is 0. The van der Waals surface area contributed by atoms with Gasteiger partial charge in [-0.05, 0) is 50.4 Å². The normalized spacial score (nSPS) is 55.6. The molecule has 2 heterocycles. The molecule has 5 nitrogen and oxygen atoms in total. The molecule has 5 heteroatoms. The highest BCUT2D eigenvalue weighted by atomic mass is 16.6. The Morgan fingerprint density at radius 1 is 1.16 bits per heavy atom. The Hall–Kier alpha value is -0.650. The lowest BCUT2D eigenvalue weighted by Gasteiger charge is -2.65. The van der Waals surface area contributed by atoms with Crippen molar-refractivity contribution in [3.05, 3.63) is 0 Å². The number of carbonyl (C=O) groups excluding carboxylic acids is 1. The molecule has 0 amide bonds. The standard InChI is InChI=1S/C20H32O5/c1-13-4-5-14-17(2,11-21)15(22)6-7-18(14,3)20(13)9-8-19(25-20)10-16(23)24-12-19/h13-15,21-22H,4-12H2,1-3H3/t13-,14?,15+,17+,18+,19?,20-/m1/s1. The van der Waals surface area contributed by atoms with Gasteiger partial charge in [0, 0.05) is 10.8 Å². The molecule has 25 heavy (non-hydrogen) atoms.